The first kappa shape index (κ1) is 14.5. The van der Waals surface area contributed by atoms with Gasteiger partial charge in [-0.2, -0.15) is 0 Å². The van der Waals surface area contributed by atoms with Crippen molar-refractivity contribution in [2.24, 2.45) is 11.8 Å². The predicted molar refractivity (Wildman–Crippen MR) is 80.7 cm³/mol. The molecule has 1 aromatic rings. The highest BCUT2D eigenvalue weighted by Gasteiger charge is 2.34. The van der Waals surface area contributed by atoms with Crippen LogP contribution in [0.2, 0.25) is 0 Å². The van der Waals surface area contributed by atoms with Gasteiger partial charge >= 0.3 is 0 Å². The van der Waals surface area contributed by atoms with Crippen LogP contribution in [0.3, 0.4) is 0 Å². The van der Waals surface area contributed by atoms with Crippen LogP contribution in [-0.2, 0) is 9.59 Å². The fourth-order valence-electron chi connectivity index (χ4n) is 2.39. The molecule has 2 fully saturated rings. The molecule has 0 saturated heterocycles. The third-order valence-electron chi connectivity index (χ3n) is 3.96. The lowest BCUT2D eigenvalue weighted by Gasteiger charge is -2.15. The molecule has 3 rings (SSSR count). The van der Waals surface area contributed by atoms with Crippen LogP contribution in [0.15, 0.2) is 11.6 Å². The Morgan fingerprint density at radius 1 is 1.33 bits per heavy atom. The van der Waals surface area contributed by atoms with Crippen molar-refractivity contribution in [1.29, 1.82) is 0 Å². The van der Waals surface area contributed by atoms with Crippen molar-refractivity contribution in [2.75, 3.05) is 6.54 Å². The Hall–Kier alpha value is -1.43. The molecule has 1 heterocycles. The van der Waals surface area contributed by atoms with Crippen LogP contribution in [-0.4, -0.2) is 23.3 Å². The van der Waals surface area contributed by atoms with Gasteiger partial charge in [0.15, 0.2) is 0 Å². The van der Waals surface area contributed by atoms with Gasteiger partial charge in [0.2, 0.25) is 11.8 Å². The minimum Gasteiger partial charge on any atom is -0.356 e. The average Bonchev–Trinajstić information content (AvgIpc) is 3.39. The first-order chi connectivity index (χ1) is 10.2. The standard InChI is InChI=1S/C15H21N3O2S/c19-12(2-1-7-16-14(20)11-5-6-11)18-13(10-3-4-10)15-17-8-9-21-15/h8-11,13H,1-7H2,(H,16,20)(H,18,19)/t13-/m1/s1. The summed E-state index contributed by atoms with van der Waals surface area (Å²) in [7, 11) is 0. The summed E-state index contributed by atoms with van der Waals surface area (Å²) < 4.78 is 0. The number of amides is 2. The smallest absolute Gasteiger partial charge is 0.223 e. The summed E-state index contributed by atoms with van der Waals surface area (Å²) in [5.41, 5.74) is 0. The zero-order valence-corrected chi connectivity index (χ0v) is 12.8. The van der Waals surface area contributed by atoms with Gasteiger partial charge in [0.25, 0.3) is 0 Å². The van der Waals surface area contributed by atoms with E-state index in [1.165, 1.54) is 12.8 Å². The van der Waals surface area contributed by atoms with E-state index in [0.717, 1.165) is 17.8 Å². The molecule has 5 nitrogen and oxygen atoms in total. The Balaban J connectivity index is 1.37. The topological polar surface area (TPSA) is 71.1 Å². The molecule has 0 radical (unpaired) electrons. The molecule has 6 heteroatoms. The van der Waals surface area contributed by atoms with E-state index in [9.17, 15) is 9.59 Å². The van der Waals surface area contributed by atoms with Crippen molar-refractivity contribution in [1.82, 2.24) is 15.6 Å². The molecule has 0 bridgehead atoms. The first-order valence-electron chi connectivity index (χ1n) is 7.70. The summed E-state index contributed by atoms with van der Waals surface area (Å²) in [6.45, 7) is 0.591. The maximum atomic E-state index is 12.0. The lowest BCUT2D eigenvalue weighted by molar-refractivity contribution is -0.124. The fraction of sp³-hybridized carbons (Fsp3) is 0.667. The lowest BCUT2D eigenvalue weighted by Crippen LogP contribution is -2.31. The second kappa shape index (κ2) is 6.56. The van der Waals surface area contributed by atoms with Gasteiger partial charge in [-0.05, 0) is 38.0 Å². The number of nitrogens with one attached hydrogen (secondary N) is 2. The molecule has 0 aliphatic heterocycles. The number of rotatable bonds is 8. The highest BCUT2D eigenvalue weighted by molar-refractivity contribution is 7.09. The van der Waals surface area contributed by atoms with Crippen LogP contribution in [0.5, 0.6) is 0 Å². The molecule has 0 spiro atoms. The van der Waals surface area contributed by atoms with E-state index in [1.54, 1.807) is 17.5 Å². The van der Waals surface area contributed by atoms with Crippen molar-refractivity contribution in [3.05, 3.63) is 16.6 Å². The van der Waals surface area contributed by atoms with Crippen LogP contribution in [0.25, 0.3) is 0 Å². The highest BCUT2D eigenvalue weighted by Crippen LogP contribution is 2.41. The summed E-state index contributed by atoms with van der Waals surface area (Å²) in [6, 6.07) is 0.0820. The molecule has 2 N–H and O–H groups in total. The number of carbonyl (C=O) groups is 2. The van der Waals surface area contributed by atoms with E-state index < -0.39 is 0 Å². The van der Waals surface area contributed by atoms with Crippen molar-refractivity contribution < 1.29 is 9.59 Å². The predicted octanol–water partition coefficient (Wildman–Crippen LogP) is 2.02. The maximum Gasteiger partial charge on any atom is 0.223 e. The van der Waals surface area contributed by atoms with E-state index >= 15 is 0 Å². The minimum absolute atomic E-state index is 0.0581. The van der Waals surface area contributed by atoms with E-state index in [2.05, 4.69) is 15.6 Å². The van der Waals surface area contributed by atoms with E-state index in [-0.39, 0.29) is 23.8 Å². The minimum atomic E-state index is 0.0581. The van der Waals surface area contributed by atoms with E-state index in [0.29, 0.717) is 25.3 Å². The van der Waals surface area contributed by atoms with E-state index in [1.807, 2.05) is 5.38 Å². The molecule has 2 saturated carbocycles. The van der Waals surface area contributed by atoms with Crippen LogP contribution in [0, 0.1) is 11.8 Å². The van der Waals surface area contributed by atoms with E-state index in [4.69, 9.17) is 0 Å². The van der Waals surface area contributed by atoms with Crippen molar-refractivity contribution in [3.8, 4) is 0 Å². The van der Waals surface area contributed by atoms with Gasteiger partial charge in [-0.15, -0.1) is 11.3 Å². The number of carbonyl (C=O) groups excluding carboxylic acids is 2. The summed E-state index contributed by atoms with van der Waals surface area (Å²) in [5, 5.41) is 8.94. The summed E-state index contributed by atoms with van der Waals surface area (Å²) in [6.07, 6.45) is 7.31. The molecule has 0 aromatic carbocycles. The Kier molecular flexibility index (Phi) is 4.53. The summed E-state index contributed by atoms with van der Waals surface area (Å²) >= 11 is 1.60. The van der Waals surface area contributed by atoms with Crippen LogP contribution in [0.4, 0.5) is 0 Å². The molecule has 1 aromatic heterocycles. The van der Waals surface area contributed by atoms with Gasteiger partial charge in [0, 0.05) is 30.5 Å². The maximum absolute atomic E-state index is 12.0. The van der Waals surface area contributed by atoms with Crippen LogP contribution in [0.1, 0.15) is 49.6 Å². The Bertz CT molecular complexity index is 495. The molecule has 0 unspecified atom stereocenters. The third-order valence-corrected chi connectivity index (χ3v) is 4.81. The van der Waals surface area contributed by atoms with Crippen molar-refractivity contribution in [2.45, 2.75) is 44.6 Å². The third kappa shape index (κ3) is 4.27. The summed E-state index contributed by atoms with van der Waals surface area (Å²) in [5.74, 6) is 0.995. The number of nitrogens with zero attached hydrogens (tertiary/aromatic N) is 1. The van der Waals surface area contributed by atoms with Gasteiger partial charge in [-0.25, -0.2) is 4.98 Å². The van der Waals surface area contributed by atoms with Gasteiger partial charge < -0.3 is 10.6 Å². The Labute approximate surface area is 128 Å². The summed E-state index contributed by atoms with van der Waals surface area (Å²) in [4.78, 5) is 27.8. The second-order valence-electron chi connectivity index (χ2n) is 5.92. The number of hydrogen-bond donors (Lipinski definition) is 2. The van der Waals surface area contributed by atoms with Gasteiger partial charge in [-0.3, -0.25) is 9.59 Å². The zero-order valence-electron chi connectivity index (χ0n) is 12.0. The monoisotopic (exact) mass is 307 g/mol. The Morgan fingerprint density at radius 2 is 2.14 bits per heavy atom. The highest BCUT2D eigenvalue weighted by atomic mass is 32.1. The lowest BCUT2D eigenvalue weighted by atomic mass is 10.2. The number of hydrogen-bond acceptors (Lipinski definition) is 4. The second-order valence-corrected chi connectivity index (χ2v) is 6.85. The Morgan fingerprint density at radius 3 is 2.76 bits per heavy atom. The SMILES string of the molecule is O=C(CCCNC(=O)C1CC1)N[C@@H](c1nccs1)C1CC1. The number of aromatic nitrogens is 1. The first-order valence-corrected chi connectivity index (χ1v) is 8.58. The van der Waals surface area contributed by atoms with Gasteiger partial charge in [0.05, 0.1) is 6.04 Å². The van der Waals surface area contributed by atoms with Crippen LogP contribution < -0.4 is 10.6 Å². The van der Waals surface area contributed by atoms with Gasteiger partial charge in [-0.1, -0.05) is 0 Å². The van der Waals surface area contributed by atoms with Crippen LogP contribution >= 0.6 is 11.3 Å². The molecular formula is C15H21N3O2S. The molecule has 114 valence electrons. The van der Waals surface area contributed by atoms with Crippen molar-refractivity contribution in [3.63, 3.8) is 0 Å². The average molecular weight is 307 g/mol. The quantitative estimate of drug-likeness (QED) is 0.722. The molecule has 2 aliphatic rings. The zero-order chi connectivity index (χ0) is 14.7. The molecule has 2 aliphatic carbocycles. The molecule has 21 heavy (non-hydrogen) atoms. The molecular weight excluding hydrogens is 286 g/mol. The van der Waals surface area contributed by atoms with Crippen molar-refractivity contribution >= 4 is 23.2 Å². The molecule has 1 atom stereocenters. The fourth-order valence-corrected chi connectivity index (χ4v) is 3.18. The largest absolute Gasteiger partial charge is 0.356 e. The normalized spacial score (nSPS) is 19.0. The van der Waals surface area contributed by atoms with Gasteiger partial charge in [0.1, 0.15) is 5.01 Å². The molecule has 2 amide bonds. The number of thiazole rings is 1.